The molecule has 0 fully saturated rings. The van der Waals surface area contributed by atoms with Crippen LogP contribution in [0.2, 0.25) is 0 Å². The average Bonchev–Trinajstić information content (AvgIpc) is 2.10. The molecule has 0 atom stereocenters. The lowest BCUT2D eigenvalue weighted by Gasteiger charge is -1.91. The Morgan fingerprint density at radius 2 is 2.17 bits per heavy atom. The van der Waals surface area contributed by atoms with E-state index in [0.29, 0.717) is 12.8 Å². The fraction of sp³-hybridized carbons (Fsp3) is 0.300. The molecule has 0 rings (SSSR count). The topological polar surface area (TPSA) is 29.1 Å². The molecule has 1 amide bonds. The maximum absolute atomic E-state index is 10.7. The summed E-state index contributed by atoms with van der Waals surface area (Å²) in [6.07, 6.45) is 5.77. The molecule has 0 aromatic rings. The van der Waals surface area contributed by atoms with Gasteiger partial charge in [0.25, 0.3) is 0 Å². The number of terminal acetylenes is 1. The lowest BCUT2D eigenvalue weighted by atomic mass is 10.3. The van der Waals surface area contributed by atoms with Gasteiger partial charge in [-0.25, -0.2) is 0 Å². The molecule has 0 radical (unpaired) electrons. The van der Waals surface area contributed by atoms with E-state index in [0.717, 1.165) is 0 Å². The van der Waals surface area contributed by atoms with Crippen molar-refractivity contribution in [1.82, 2.24) is 5.32 Å². The van der Waals surface area contributed by atoms with Gasteiger partial charge in [0.15, 0.2) is 0 Å². The second-order valence-electron chi connectivity index (χ2n) is 1.87. The zero-order valence-corrected chi connectivity index (χ0v) is 6.90. The van der Waals surface area contributed by atoms with E-state index in [4.69, 9.17) is 6.42 Å². The zero-order valence-electron chi connectivity index (χ0n) is 6.90. The van der Waals surface area contributed by atoms with Crippen LogP contribution in [-0.4, -0.2) is 13.0 Å². The second kappa shape index (κ2) is 7.26. The van der Waals surface area contributed by atoms with Gasteiger partial charge in [-0.1, -0.05) is 5.92 Å². The highest BCUT2D eigenvalue weighted by atomic mass is 16.1. The molecule has 0 spiro atoms. The molecular formula is C10H9NO. The number of carbonyl (C=O) groups excluding carboxylic acids is 1. The van der Waals surface area contributed by atoms with Gasteiger partial charge in [0.2, 0.25) is 5.91 Å². The SMILES string of the molecule is C#CC#CC#CCCC(=O)NC. The van der Waals surface area contributed by atoms with E-state index in [9.17, 15) is 4.79 Å². The van der Waals surface area contributed by atoms with Crippen molar-refractivity contribution in [3.05, 3.63) is 0 Å². The standard InChI is InChI=1S/C10H9NO/c1-3-4-5-6-7-8-9-10(12)11-2/h1H,8-9H2,2H3,(H,11,12). The van der Waals surface area contributed by atoms with Gasteiger partial charge in [-0.05, 0) is 23.7 Å². The molecule has 0 aromatic heterocycles. The van der Waals surface area contributed by atoms with E-state index >= 15 is 0 Å². The molecule has 60 valence electrons. The minimum Gasteiger partial charge on any atom is -0.359 e. The summed E-state index contributed by atoms with van der Waals surface area (Å²) in [7, 11) is 1.59. The molecule has 0 aliphatic heterocycles. The smallest absolute Gasteiger partial charge is 0.220 e. The van der Waals surface area contributed by atoms with Crippen molar-refractivity contribution in [1.29, 1.82) is 0 Å². The molecule has 0 saturated heterocycles. The monoisotopic (exact) mass is 159 g/mol. The Hall–Kier alpha value is -1.85. The molecule has 0 unspecified atom stereocenters. The van der Waals surface area contributed by atoms with Crippen molar-refractivity contribution < 1.29 is 4.79 Å². The number of amides is 1. The highest BCUT2D eigenvalue weighted by molar-refractivity contribution is 5.75. The van der Waals surface area contributed by atoms with Crippen molar-refractivity contribution in [3.8, 4) is 36.0 Å². The lowest BCUT2D eigenvalue weighted by molar-refractivity contribution is -0.120. The van der Waals surface area contributed by atoms with Gasteiger partial charge in [-0.2, -0.15) is 0 Å². The predicted octanol–water partition coefficient (Wildman–Crippen LogP) is 0.153. The minimum absolute atomic E-state index is 0.0193. The summed E-state index contributed by atoms with van der Waals surface area (Å²) in [6, 6.07) is 0. The highest BCUT2D eigenvalue weighted by Gasteiger charge is 1.92. The normalized spacial score (nSPS) is 6.33. The van der Waals surface area contributed by atoms with Crippen LogP contribution in [0.4, 0.5) is 0 Å². The summed E-state index contributed by atoms with van der Waals surface area (Å²) >= 11 is 0. The van der Waals surface area contributed by atoms with Crippen LogP contribution in [0.5, 0.6) is 0 Å². The molecule has 2 nitrogen and oxygen atoms in total. The number of hydrogen-bond acceptors (Lipinski definition) is 1. The van der Waals surface area contributed by atoms with Crippen LogP contribution in [0.3, 0.4) is 0 Å². The van der Waals surface area contributed by atoms with Crippen LogP contribution in [0.25, 0.3) is 0 Å². The van der Waals surface area contributed by atoms with Crippen molar-refractivity contribution in [2.45, 2.75) is 12.8 Å². The number of nitrogens with one attached hydrogen (secondary N) is 1. The molecule has 0 aromatic carbocycles. The Kier molecular flexibility index (Phi) is 6.14. The largest absolute Gasteiger partial charge is 0.359 e. The molecule has 0 aliphatic rings. The summed E-state index contributed by atoms with van der Waals surface area (Å²) in [5.74, 6) is 12.2. The first kappa shape index (κ1) is 10.2. The number of carbonyl (C=O) groups is 1. The Morgan fingerprint density at radius 3 is 2.75 bits per heavy atom. The Labute approximate surface area is 72.7 Å². The van der Waals surface area contributed by atoms with Crippen LogP contribution in [-0.2, 0) is 4.79 Å². The van der Waals surface area contributed by atoms with Crippen molar-refractivity contribution >= 4 is 5.91 Å². The third-order valence-corrected chi connectivity index (χ3v) is 1.04. The van der Waals surface area contributed by atoms with Crippen molar-refractivity contribution in [2.24, 2.45) is 0 Å². The molecular weight excluding hydrogens is 150 g/mol. The fourth-order valence-corrected chi connectivity index (χ4v) is 0.475. The van der Waals surface area contributed by atoms with Gasteiger partial charge in [0.05, 0.1) is 0 Å². The molecule has 2 heteroatoms. The summed E-state index contributed by atoms with van der Waals surface area (Å²) < 4.78 is 0. The predicted molar refractivity (Wildman–Crippen MR) is 47.7 cm³/mol. The van der Waals surface area contributed by atoms with Crippen LogP contribution < -0.4 is 5.32 Å². The lowest BCUT2D eigenvalue weighted by Crippen LogP contribution is -2.16. The van der Waals surface area contributed by atoms with E-state index < -0.39 is 0 Å². The molecule has 0 bridgehead atoms. The first-order valence-electron chi connectivity index (χ1n) is 3.45. The quantitative estimate of drug-likeness (QED) is 0.571. The number of hydrogen-bond donors (Lipinski definition) is 1. The van der Waals surface area contributed by atoms with Gasteiger partial charge in [-0.3, -0.25) is 4.79 Å². The molecule has 0 heterocycles. The van der Waals surface area contributed by atoms with Crippen molar-refractivity contribution in [3.63, 3.8) is 0 Å². The zero-order chi connectivity index (χ0) is 9.23. The van der Waals surface area contributed by atoms with Gasteiger partial charge in [0.1, 0.15) is 0 Å². The highest BCUT2D eigenvalue weighted by Crippen LogP contribution is 1.84. The van der Waals surface area contributed by atoms with Gasteiger partial charge >= 0.3 is 0 Å². The molecule has 12 heavy (non-hydrogen) atoms. The first-order chi connectivity index (χ1) is 5.81. The molecule has 0 saturated carbocycles. The fourth-order valence-electron chi connectivity index (χ4n) is 0.475. The summed E-state index contributed by atoms with van der Waals surface area (Å²) in [5, 5.41) is 2.49. The van der Waals surface area contributed by atoms with E-state index in [2.05, 4.69) is 34.9 Å². The number of rotatable bonds is 2. The Bertz CT molecular complexity index is 301. The van der Waals surface area contributed by atoms with E-state index in [-0.39, 0.29) is 5.91 Å². The van der Waals surface area contributed by atoms with Gasteiger partial charge in [-0.15, -0.1) is 6.42 Å². The summed E-state index contributed by atoms with van der Waals surface area (Å²) in [5.41, 5.74) is 0. The molecule has 1 N–H and O–H groups in total. The van der Waals surface area contributed by atoms with E-state index in [1.54, 1.807) is 7.05 Å². The minimum atomic E-state index is -0.0193. The van der Waals surface area contributed by atoms with E-state index in [1.807, 2.05) is 0 Å². The third-order valence-electron chi connectivity index (χ3n) is 1.04. The summed E-state index contributed by atoms with van der Waals surface area (Å²) in [6.45, 7) is 0. The third kappa shape index (κ3) is 6.27. The van der Waals surface area contributed by atoms with Crippen LogP contribution in [0, 0.1) is 36.0 Å². The average molecular weight is 159 g/mol. The van der Waals surface area contributed by atoms with Gasteiger partial charge < -0.3 is 5.32 Å². The maximum Gasteiger partial charge on any atom is 0.220 e. The molecule has 0 aliphatic carbocycles. The van der Waals surface area contributed by atoms with Crippen LogP contribution in [0.15, 0.2) is 0 Å². The maximum atomic E-state index is 10.7. The van der Waals surface area contributed by atoms with Crippen LogP contribution in [0.1, 0.15) is 12.8 Å². The van der Waals surface area contributed by atoms with Crippen molar-refractivity contribution in [2.75, 3.05) is 7.05 Å². The Morgan fingerprint density at radius 1 is 1.42 bits per heavy atom. The van der Waals surface area contributed by atoms with Gasteiger partial charge in [0, 0.05) is 19.9 Å². The van der Waals surface area contributed by atoms with Crippen LogP contribution >= 0.6 is 0 Å². The first-order valence-corrected chi connectivity index (χ1v) is 3.45. The Balaban J connectivity index is 3.61. The van der Waals surface area contributed by atoms with E-state index in [1.165, 1.54) is 0 Å². The summed E-state index contributed by atoms with van der Waals surface area (Å²) in [4.78, 5) is 10.7. The second-order valence-corrected chi connectivity index (χ2v) is 1.87.